The van der Waals surface area contributed by atoms with Crippen molar-refractivity contribution in [1.82, 2.24) is 10.2 Å². The minimum Gasteiger partial charge on any atom is -0.348 e. The van der Waals surface area contributed by atoms with E-state index in [0.717, 1.165) is 4.88 Å². The highest BCUT2D eigenvalue weighted by molar-refractivity contribution is 7.10. The number of rotatable bonds is 5. The molecule has 128 valence electrons. The predicted octanol–water partition coefficient (Wildman–Crippen LogP) is 2.97. The average Bonchev–Trinajstić information content (AvgIpc) is 3.04. The van der Waals surface area contributed by atoms with Gasteiger partial charge in [-0.1, -0.05) is 19.9 Å². The van der Waals surface area contributed by atoms with Gasteiger partial charge in [0.25, 0.3) is 0 Å². The number of hydrogen-bond acceptors (Lipinski definition) is 3. The van der Waals surface area contributed by atoms with Crippen LogP contribution in [0.15, 0.2) is 17.5 Å². The zero-order chi connectivity index (χ0) is 17.2. The Hall–Kier alpha value is -1.57. The molecule has 0 saturated carbocycles. The van der Waals surface area contributed by atoms with E-state index in [0.29, 0.717) is 4.90 Å². The highest BCUT2D eigenvalue weighted by atomic mass is 32.1. The van der Waals surface area contributed by atoms with Crippen LogP contribution in [-0.2, 0) is 9.59 Å². The number of halogens is 3. The molecule has 1 aliphatic heterocycles. The Labute approximate surface area is 136 Å². The first kappa shape index (κ1) is 17.8. The lowest BCUT2D eigenvalue weighted by Crippen LogP contribution is -2.39. The van der Waals surface area contributed by atoms with Crippen LogP contribution in [0.3, 0.4) is 0 Å². The lowest BCUT2D eigenvalue weighted by molar-refractivity contribution is -0.157. The lowest BCUT2D eigenvalue weighted by Gasteiger charge is -2.23. The molecule has 2 amide bonds. The molecule has 1 aromatic rings. The zero-order valence-corrected chi connectivity index (χ0v) is 13.7. The van der Waals surface area contributed by atoms with Crippen LogP contribution in [0, 0.1) is 11.8 Å². The van der Waals surface area contributed by atoms with Crippen LogP contribution in [0.4, 0.5) is 13.2 Å². The van der Waals surface area contributed by atoms with Crippen LogP contribution in [0.25, 0.3) is 0 Å². The molecular formula is C15H19F3N2O2S. The maximum Gasteiger partial charge on any atom is 0.406 e. The van der Waals surface area contributed by atoms with Crippen molar-refractivity contribution in [1.29, 1.82) is 0 Å². The molecule has 0 aliphatic carbocycles. The minimum atomic E-state index is -4.45. The third-order valence-corrected chi connectivity index (χ3v) is 4.72. The fourth-order valence-electron chi connectivity index (χ4n) is 2.62. The summed E-state index contributed by atoms with van der Waals surface area (Å²) in [5.74, 6) is -1.58. The van der Waals surface area contributed by atoms with Gasteiger partial charge in [0.1, 0.15) is 6.54 Å². The summed E-state index contributed by atoms with van der Waals surface area (Å²) in [6.07, 6.45) is -4.62. The fraction of sp³-hybridized carbons (Fsp3) is 0.600. The molecule has 1 aliphatic rings. The van der Waals surface area contributed by atoms with Gasteiger partial charge in [-0.2, -0.15) is 13.2 Å². The SMILES string of the molecule is CC(C)C(NC(=O)C1CC(=O)N(CC(F)(F)F)C1)c1cccs1. The second-order valence-electron chi connectivity index (χ2n) is 6.04. The number of hydrogen-bond donors (Lipinski definition) is 1. The van der Waals surface area contributed by atoms with Gasteiger partial charge < -0.3 is 10.2 Å². The van der Waals surface area contributed by atoms with E-state index in [2.05, 4.69) is 5.32 Å². The van der Waals surface area contributed by atoms with Gasteiger partial charge in [0.2, 0.25) is 11.8 Å². The van der Waals surface area contributed by atoms with E-state index in [1.54, 1.807) is 0 Å². The summed E-state index contributed by atoms with van der Waals surface area (Å²) in [4.78, 5) is 25.7. The van der Waals surface area contributed by atoms with Crippen LogP contribution in [0.5, 0.6) is 0 Å². The molecule has 4 nitrogen and oxygen atoms in total. The van der Waals surface area contributed by atoms with E-state index < -0.39 is 24.5 Å². The van der Waals surface area contributed by atoms with Crippen LogP contribution in [-0.4, -0.2) is 36.0 Å². The summed E-state index contributed by atoms with van der Waals surface area (Å²) in [5, 5.41) is 4.78. The van der Waals surface area contributed by atoms with E-state index in [1.165, 1.54) is 11.3 Å². The van der Waals surface area contributed by atoms with Crippen molar-refractivity contribution in [2.45, 2.75) is 32.5 Å². The first-order valence-corrected chi connectivity index (χ1v) is 8.23. The summed E-state index contributed by atoms with van der Waals surface area (Å²) < 4.78 is 37.3. The Morgan fingerprint density at radius 1 is 1.48 bits per heavy atom. The second-order valence-corrected chi connectivity index (χ2v) is 7.02. The molecule has 1 fully saturated rings. The number of carbonyl (C=O) groups is 2. The van der Waals surface area contributed by atoms with Crippen LogP contribution < -0.4 is 5.32 Å². The Balaban J connectivity index is 1.99. The van der Waals surface area contributed by atoms with Gasteiger partial charge in [0.15, 0.2) is 0 Å². The molecule has 2 unspecified atom stereocenters. The Morgan fingerprint density at radius 2 is 2.17 bits per heavy atom. The molecule has 0 bridgehead atoms. The summed E-state index contributed by atoms with van der Waals surface area (Å²) in [7, 11) is 0. The molecule has 2 atom stereocenters. The molecule has 2 heterocycles. The van der Waals surface area contributed by atoms with Gasteiger partial charge in [-0.15, -0.1) is 11.3 Å². The van der Waals surface area contributed by atoms with Crippen molar-refractivity contribution >= 4 is 23.2 Å². The summed E-state index contributed by atoms with van der Waals surface area (Å²) >= 11 is 1.51. The number of nitrogens with zero attached hydrogens (tertiary/aromatic N) is 1. The lowest BCUT2D eigenvalue weighted by atomic mass is 10.0. The van der Waals surface area contributed by atoms with Gasteiger partial charge >= 0.3 is 6.18 Å². The monoisotopic (exact) mass is 348 g/mol. The molecule has 0 aromatic carbocycles. The maximum atomic E-state index is 12.4. The Bertz CT molecular complexity index is 558. The molecule has 0 radical (unpaired) electrons. The minimum absolute atomic E-state index is 0.140. The van der Waals surface area contributed by atoms with Crippen molar-refractivity contribution in [3.8, 4) is 0 Å². The fourth-order valence-corrected chi connectivity index (χ4v) is 3.57. The van der Waals surface area contributed by atoms with Crippen molar-refractivity contribution in [3.05, 3.63) is 22.4 Å². The van der Waals surface area contributed by atoms with Crippen LogP contribution >= 0.6 is 11.3 Å². The highest BCUT2D eigenvalue weighted by Gasteiger charge is 2.41. The summed E-state index contributed by atoms with van der Waals surface area (Å²) in [6, 6.07) is 3.59. The van der Waals surface area contributed by atoms with Crippen LogP contribution in [0.2, 0.25) is 0 Å². The van der Waals surface area contributed by atoms with Crippen LogP contribution in [0.1, 0.15) is 31.2 Å². The van der Waals surface area contributed by atoms with Crippen molar-refractivity contribution in [2.75, 3.05) is 13.1 Å². The van der Waals surface area contributed by atoms with Crippen molar-refractivity contribution < 1.29 is 22.8 Å². The third-order valence-electron chi connectivity index (χ3n) is 3.77. The molecule has 0 spiro atoms. The summed E-state index contributed by atoms with van der Waals surface area (Å²) in [6.45, 7) is 2.44. The van der Waals surface area contributed by atoms with Gasteiger partial charge in [-0.25, -0.2) is 0 Å². The first-order valence-electron chi connectivity index (χ1n) is 7.35. The smallest absolute Gasteiger partial charge is 0.348 e. The van der Waals surface area contributed by atoms with E-state index in [4.69, 9.17) is 0 Å². The number of alkyl halides is 3. The molecule has 8 heteroatoms. The molecule has 23 heavy (non-hydrogen) atoms. The van der Waals surface area contributed by atoms with Gasteiger partial charge in [0, 0.05) is 17.8 Å². The standard InChI is InChI=1S/C15H19F3N2O2S/c1-9(2)13(11-4-3-5-23-11)19-14(22)10-6-12(21)20(7-10)8-15(16,17)18/h3-5,9-10,13H,6-8H2,1-2H3,(H,19,22). The average molecular weight is 348 g/mol. The molecule has 1 saturated heterocycles. The number of amides is 2. The quantitative estimate of drug-likeness (QED) is 0.889. The van der Waals surface area contributed by atoms with Gasteiger partial charge in [-0.3, -0.25) is 9.59 Å². The molecule has 1 N–H and O–H groups in total. The van der Waals surface area contributed by atoms with E-state index in [1.807, 2.05) is 31.4 Å². The molecule has 2 rings (SSSR count). The topological polar surface area (TPSA) is 49.4 Å². The first-order chi connectivity index (χ1) is 10.7. The number of nitrogens with one attached hydrogen (secondary N) is 1. The normalized spacial score (nSPS) is 20.2. The number of thiophene rings is 1. The number of likely N-dealkylation sites (tertiary alicyclic amines) is 1. The Morgan fingerprint density at radius 3 is 2.70 bits per heavy atom. The molecular weight excluding hydrogens is 329 g/mol. The largest absolute Gasteiger partial charge is 0.406 e. The zero-order valence-electron chi connectivity index (χ0n) is 12.9. The van der Waals surface area contributed by atoms with Gasteiger partial charge in [-0.05, 0) is 17.4 Å². The van der Waals surface area contributed by atoms with E-state index >= 15 is 0 Å². The molecule has 1 aromatic heterocycles. The van der Waals surface area contributed by atoms with E-state index in [9.17, 15) is 22.8 Å². The highest BCUT2D eigenvalue weighted by Crippen LogP contribution is 2.28. The second kappa shape index (κ2) is 6.90. The summed E-state index contributed by atoms with van der Waals surface area (Å²) in [5.41, 5.74) is 0. The number of carbonyl (C=O) groups excluding carboxylic acids is 2. The maximum absolute atomic E-state index is 12.4. The van der Waals surface area contributed by atoms with E-state index in [-0.39, 0.29) is 30.8 Å². The Kier molecular flexibility index (Phi) is 5.33. The van der Waals surface area contributed by atoms with Crippen molar-refractivity contribution in [2.24, 2.45) is 11.8 Å². The van der Waals surface area contributed by atoms with Gasteiger partial charge in [0.05, 0.1) is 12.0 Å². The van der Waals surface area contributed by atoms with Crippen molar-refractivity contribution in [3.63, 3.8) is 0 Å². The third kappa shape index (κ3) is 4.70. The predicted molar refractivity (Wildman–Crippen MR) is 80.8 cm³/mol.